The van der Waals surface area contributed by atoms with E-state index >= 15 is 0 Å². The van der Waals surface area contributed by atoms with Crippen molar-refractivity contribution in [3.63, 3.8) is 0 Å². The van der Waals surface area contributed by atoms with Crippen molar-refractivity contribution in [1.82, 2.24) is 24.6 Å². The van der Waals surface area contributed by atoms with Gasteiger partial charge in [0.2, 0.25) is 5.88 Å². The molecule has 0 radical (unpaired) electrons. The lowest BCUT2D eigenvalue weighted by atomic mass is 10.1. The molecule has 0 aromatic carbocycles. The molecule has 0 atom stereocenters. The first-order valence-electron chi connectivity index (χ1n) is 9.52. The molecule has 1 amide bonds. The number of aryl methyl sites for hydroxylation is 2. The summed E-state index contributed by atoms with van der Waals surface area (Å²) in [5.41, 5.74) is 2.85. The van der Waals surface area contributed by atoms with Crippen molar-refractivity contribution < 1.29 is 9.53 Å². The van der Waals surface area contributed by atoms with Crippen molar-refractivity contribution in [3.05, 3.63) is 34.5 Å². The molecule has 2 aromatic rings. The van der Waals surface area contributed by atoms with Gasteiger partial charge in [0.05, 0.1) is 13.7 Å². The highest BCUT2D eigenvalue weighted by Crippen LogP contribution is 2.38. The van der Waals surface area contributed by atoms with Crippen LogP contribution in [0.1, 0.15) is 58.4 Å². The summed E-state index contributed by atoms with van der Waals surface area (Å²) in [4.78, 5) is 24.3. The molecule has 1 aliphatic heterocycles. The van der Waals surface area contributed by atoms with Crippen LogP contribution in [-0.2, 0) is 25.8 Å². The topological polar surface area (TPSA) is 73.1 Å². The summed E-state index contributed by atoms with van der Waals surface area (Å²) in [5, 5.41) is 4.65. The van der Waals surface area contributed by atoms with Crippen LogP contribution in [0.2, 0.25) is 0 Å². The van der Waals surface area contributed by atoms with Crippen molar-refractivity contribution >= 4 is 5.91 Å². The number of carbonyl (C=O) groups is 1. The van der Waals surface area contributed by atoms with E-state index in [1.54, 1.807) is 7.11 Å². The maximum absolute atomic E-state index is 13.1. The van der Waals surface area contributed by atoms with E-state index in [0.29, 0.717) is 37.0 Å². The number of pyridine rings is 1. The largest absolute Gasteiger partial charge is 0.480 e. The molecule has 0 unspecified atom stereocenters. The smallest absolute Gasteiger partial charge is 0.259 e. The molecule has 1 saturated carbocycles. The summed E-state index contributed by atoms with van der Waals surface area (Å²) >= 11 is 0. The Morgan fingerprint density at radius 1 is 1.15 bits per heavy atom. The van der Waals surface area contributed by atoms with Gasteiger partial charge in [0.25, 0.3) is 5.91 Å². The maximum atomic E-state index is 13.1. The molecule has 0 bridgehead atoms. The normalized spacial score (nSPS) is 19.0. The van der Waals surface area contributed by atoms with Crippen LogP contribution in [0.4, 0.5) is 0 Å². The zero-order valence-corrected chi connectivity index (χ0v) is 15.1. The van der Waals surface area contributed by atoms with Crippen molar-refractivity contribution in [2.24, 2.45) is 0 Å². The van der Waals surface area contributed by atoms with Crippen molar-refractivity contribution in [3.8, 4) is 5.88 Å². The van der Waals surface area contributed by atoms with Gasteiger partial charge in [-0.05, 0) is 43.7 Å². The molecule has 0 spiro atoms. The molecule has 136 valence electrons. The number of hydrogen-bond donors (Lipinski definition) is 0. The van der Waals surface area contributed by atoms with E-state index in [0.717, 1.165) is 43.0 Å². The number of rotatable bonds is 3. The summed E-state index contributed by atoms with van der Waals surface area (Å²) in [5.74, 6) is 3.00. The second-order valence-corrected chi connectivity index (χ2v) is 7.43. The first kappa shape index (κ1) is 15.8. The minimum Gasteiger partial charge on any atom is -0.480 e. The SMILES string of the molecule is COc1nc2c(cc1C(=O)N1CCc3nc(C4CC4)nn3CC1)CCC2. The number of methoxy groups -OCH3 is 1. The monoisotopic (exact) mass is 353 g/mol. The van der Waals surface area contributed by atoms with Crippen molar-refractivity contribution in [1.29, 1.82) is 0 Å². The number of carbonyl (C=O) groups excluding carboxylic acids is 1. The van der Waals surface area contributed by atoms with Gasteiger partial charge in [-0.1, -0.05) is 0 Å². The first-order chi connectivity index (χ1) is 12.7. The third-order valence-electron chi connectivity index (χ3n) is 5.62. The minimum atomic E-state index is -0.00257. The molecular formula is C19H23N5O2. The van der Waals surface area contributed by atoms with Crippen LogP contribution in [-0.4, -0.2) is 50.8 Å². The summed E-state index contributed by atoms with van der Waals surface area (Å²) in [6.07, 6.45) is 6.23. The lowest BCUT2D eigenvalue weighted by molar-refractivity contribution is 0.0753. The Morgan fingerprint density at radius 2 is 2.04 bits per heavy atom. The predicted octanol–water partition coefficient (Wildman–Crippen LogP) is 1.75. The van der Waals surface area contributed by atoms with Gasteiger partial charge in [0.1, 0.15) is 11.4 Å². The van der Waals surface area contributed by atoms with Crippen LogP contribution in [0.15, 0.2) is 6.07 Å². The fourth-order valence-electron chi connectivity index (χ4n) is 3.97. The molecule has 7 heteroatoms. The fraction of sp³-hybridized carbons (Fsp3) is 0.579. The standard InChI is InChI=1S/C19H23N5O2/c1-26-18-14(11-13-3-2-4-15(13)20-18)19(25)23-8-7-16-21-17(12-5-6-12)22-24(16)10-9-23/h11-12H,2-10H2,1H3. The van der Waals surface area contributed by atoms with Gasteiger partial charge in [-0.3, -0.25) is 4.79 Å². The van der Waals surface area contributed by atoms with E-state index in [9.17, 15) is 4.79 Å². The first-order valence-corrected chi connectivity index (χ1v) is 9.52. The van der Waals surface area contributed by atoms with E-state index in [1.807, 2.05) is 15.6 Å². The van der Waals surface area contributed by atoms with E-state index in [-0.39, 0.29) is 5.91 Å². The van der Waals surface area contributed by atoms with Gasteiger partial charge in [0, 0.05) is 31.1 Å². The molecule has 0 saturated heterocycles. The van der Waals surface area contributed by atoms with Crippen LogP contribution >= 0.6 is 0 Å². The van der Waals surface area contributed by atoms with Crippen LogP contribution in [0.25, 0.3) is 0 Å². The van der Waals surface area contributed by atoms with E-state index in [1.165, 1.54) is 18.4 Å². The molecule has 5 rings (SSSR count). The van der Waals surface area contributed by atoms with Gasteiger partial charge in [0.15, 0.2) is 5.82 Å². The van der Waals surface area contributed by atoms with Gasteiger partial charge >= 0.3 is 0 Å². The number of nitrogens with zero attached hydrogens (tertiary/aromatic N) is 5. The average Bonchev–Trinajstić information content (AvgIpc) is 3.33. The van der Waals surface area contributed by atoms with Crippen LogP contribution in [0.5, 0.6) is 5.88 Å². The highest BCUT2D eigenvalue weighted by Gasteiger charge is 2.31. The van der Waals surface area contributed by atoms with Crippen LogP contribution in [0, 0.1) is 0 Å². The van der Waals surface area contributed by atoms with Crippen LogP contribution < -0.4 is 4.74 Å². The Labute approximate surface area is 152 Å². The molecule has 26 heavy (non-hydrogen) atoms. The molecular weight excluding hydrogens is 330 g/mol. The maximum Gasteiger partial charge on any atom is 0.259 e. The summed E-state index contributed by atoms with van der Waals surface area (Å²) < 4.78 is 7.41. The Bertz CT molecular complexity index is 846. The van der Waals surface area contributed by atoms with Crippen LogP contribution in [0.3, 0.4) is 0 Å². The molecule has 0 N–H and O–H groups in total. The molecule has 2 aliphatic carbocycles. The van der Waals surface area contributed by atoms with E-state index in [2.05, 4.69) is 10.1 Å². The molecule has 2 aromatic heterocycles. The lowest BCUT2D eigenvalue weighted by Crippen LogP contribution is -2.34. The Morgan fingerprint density at radius 3 is 2.85 bits per heavy atom. The minimum absolute atomic E-state index is 0.00257. The fourth-order valence-corrected chi connectivity index (χ4v) is 3.97. The second-order valence-electron chi connectivity index (χ2n) is 7.43. The quantitative estimate of drug-likeness (QED) is 0.840. The number of ether oxygens (including phenoxy) is 1. The highest BCUT2D eigenvalue weighted by atomic mass is 16.5. The number of fused-ring (bicyclic) bond motifs is 2. The molecule has 7 nitrogen and oxygen atoms in total. The molecule has 3 heterocycles. The second kappa shape index (κ2) is 6.07. The van der Waals surface area contributed by atoms with Crippen molar-refractivity contribution in [2.75, 3.05) is 20.2 Å². The summed E-state index contributed by atoms with van der Waals surface area (Å²) in [6.45, 7) is 1.99. The third-order valence-corrected chi connectivity index (χ3v) is 5.62. The highest BCUT2D eigenvalue weighted by molar-refractivity contribution is 5.96. The third kappa shape index (κ3) is 2.66. The average molecular weight is 353 g/mol. The van der Waals surface area contributed by atoms with Gasteiger partial charge in [-0.15, -0.1) is 0 Å². The van der Waals surface area contributed by atoms with Gasteiger partial charge < -0.3 is 9.64 Å². The molecule has 3 aliphatic rings. The summed E-state index contributed by atoms with van der Waals surface area (Å²) in [7, 11) is 1.59. The Kier molecular flexibility index (Phi) is 3.69. The molecule has 1 fully saturated rings. The number of amides is 1. The predicted molar refractivity (Wildman–Crippen MR) is 94.4 cm³/mol. The Balaban J connectivity index is 1.37. The van der Waals surface area contributed by atoms with E-state index < -0.39 is 0 Å². The number of hydrogen-bond acceptors (Lipinski definition) is 5. The zero-order chi connectivity index (χ0) is 17.7. The van der Waals surface area contributed by atoms with Gasteiger partial charge in [-0.25, -0.2) is 14.6 Å². The van der Waals surface area contributed by atoms with E-state index in [4.69, 9.17) is 9.72 Å². The Hall–Kier alpha value is -2.44. The number of aromatic nitrogens is 4. The van der Waals surface area contributed by atoms with Gasteiger partial charge in [-0.2, -0.15) is 5.10 Å². The lowest BCUT2D eigenvalue weighted by Gasteiger charge is -2.21. The zero-order valence-electron chi connectivity index (χ0n) is 15.1. The summed E-state index contributed by atoms with van der Waals surface area (Å²) in [6, 6.07) is 1.99. The van der Waals surface area contributed by atoms with Crippen molar-refractivity contribution in [2.45, 2.75) is 51.0 Å².